The van der Waals surface area contributed by atoms with Crippen molar-refractivity contribution in [3.05, 3.63) is 41.7 Å². The van der Waals surface area contributed by atoms with E-state index in [-0.39, 0.29) is 18.2 Å². The first-order valence-electron chi connectivity index (χ1n) is 6.19. The van der Waals surface area contributed by atoms with Crippen molar-refractivity contribution in [2.45, 2.75) is 20.0 Å². The highest BCUT2D eigenvalue weighted by atomic mass is 16.5. The van der Waals surface area contributed by atoms with Crippen molar-refractivity contribution in [3.63, 3.8) is 0 Å². The van der Waals surface area contributed by atoms with Crippen LogP contribution in [-0.4, -0.2) is 26.4 Å². The Morgan fingerprint density at radius 3 is 2.90 bits per heavy atom. The summed E-state index contributed by atoms with van der Waals surface area (Å²) in [7, 11) is 0. The average molecular weight is 272 g/mol. The van der Waals surface area contributed by atoms with E-state index in [2.05, 4.69) is 20.4 Å². The fourth-order valence-corrected chi connectivity index (χ4v) is 1.80. The van der Waals surface area contributed by atoms with Crippen LogP contribution < -0.4 is 0 Å². The number of aryl methyl sites for hydroxylation is 1. The maximum absolute atomic E-state index is 12.0. The van der Waals surface area contributed by atoms with Crippen molar-refractivity contribution in [1.82, 2.24) is 20.4 Å². The van der Waals surface area contributed by atoms with Crippen LogP contribution in [0.2, 0.25) is 0 Å². The van der Waals surface area contributed by atoms with Crippen LogP contribution in [0.4, 0.5) is 0 Å². The molecule has 0 saturated heterocycles. The van der Waals surface area contributed by atoms with E-state index in [0.717, 1.165) is 10.9 Å². The van der Waals surface area contributed by atoms with Crippen molar-refractivity contribution in [3.8, 4) is 0 Å². The van der Waals surface area contributed by atoms with E-state index in [9.17, 15) is 4.79 Å². The molecule has 0 radical (unpaired) electrons. The number of hydrogen-bond donors (Lipinski definition) is 1. The number of hydrogen-bond acceptors (Lipinski definition) is 6. The van der Waals surface area contributed by atoms with Gasteiger partial charge >= 0.3 is 5.97 Å². The summed E-state index contributed by atoms with van der Waals surface area (Å²) in [6.45, 7) is 1.84. The van der Waals surface area contributed by atoms with E-state index >= 15 is 0 Å². The Morgan fingerprint density at radius 2 is 2.10 bits per heavy atom. The molecule has 2 heterocycles. The zero-order chi connectivity index (χ0) is 13.9. The van der Waals surface area contributed by atoms with E-state index in [1.54, 1.807) is 6.07 Å². The highest BCUT2D eigenvalue weighted by Crippen LogP contribution is 2.16. The molecule has 2 aromatic heterocycles. The van der Waals surface area contributed by atoms with Gasteiger partial charge in [0.15, 0.2) is 12.3 Å². The molecule has 0 bridgehead atoms. The predicted octanol–water partition coefficient (Wildman–Crippen LogP) is 1.87. The van der Waals surface area contributed by atoms with Crippen LogP contribution in [0, 0.1) is 0 Å². The molecule has 0 atom stereocenters. The van der Waals surface area contributed by atoms with Crippen LogP contribution in [-0.2, 0) is 17.8 Å². The lowest BCUT2D eigenvalue weighted by Gasteiger charge is -1.99. The maximum Gasteiger partial charge on any atom is 0.359 e. The fraction of sp³-hybridized carbons (Fsp3) is 0.231. The molecule has 7 heteroatoms. The van der Waals surface area contributed by atoms with E-state index in [1.807, 2.05) is 25.1 Å². The van der Waals surface area contributed by atoms with Gasteiger partial charge in [0.05, 0.1) is 5.52 Å². The first kappa shape index (κ1) is 12.3. The van der Waals surface area contributed by atoms with Crippen molar-refractivity contribution in [2.75, 3.05) is 0 Å². The fourth-order valence-electron chi connectivity index (χ4n) is 1.80. The smallest absolute Gasteiger partial charge is 0.359 e. The third-order valence-electron chi connectivity index (χ3n) is 2.80. The summed E-state index contributed by atoms with van der Waals surface area (Å²) in [5.41, 5.74) is 1.03. The Morgan fingerprint density at radius 1 is 1.30 bits per heavy atom. The highest BCUT2D eigenvalue weighted by Gasteiger charge is 2.16. The second-order valence-electron chi connectivity index (χ2n) is 4.14. The van der Waals surface area contributed by atoms with Gasteiger partial charge in [0, 0.05) is 11.8 Å². The molecule has 7 nitrogen and oxygen atoms in total. The Hall–Kier alpha value is -2.70. The molecule has 0 aliphatic heterocycles. The zero-order valence-electron chi connectivity index (χ0n) is 10.8. The summed E-state index contributed by atoms with van der Waals surface area (Å²) in [5.74, 6) is 0.259. The molecule has 3 aromatic rings. The number of para-hydroxylation sites is 1. The Kier molecular flexibility index (Phi) is 3.16. The minimum atomic E-state index is -0.529. The molecule has 3 rings (SSSR count). The molecule has 0 spiro atoms. The molecule has 20 heavy (non-hydrogen) atoms. The van der Waals surface area contributed by atoms with Gasteiger partial charge in [-0.2, -0.15) is 5.10 Å². The van der Waals surface area contributed by atoms with Gasteiger partial charge in [-0.25, -0.2) is 4.79 Å². The summed E-state index contributed by atoms with van der Waals surface area (Å²) in [4.78, 5) is 12.0. The van der Waals surface area contributed by atoms with Crippen molar-refractivity contribution in [1.29, 1.82) is 0 Å². The van der Waals surface area contributed by atoms with E-state index in [1.165, 1.54) is 0 Å². The van der Waals surface area contributed by atoms with Gasteiger partial charge < -0.3 is 9.15 Å². The quantitative estimate of drug-likeness (QED) is 0.728. The lowest BCUT2D eigenvalue weighted by atomic mass is 10.2. The molecule has 0 amide bonds. The number of nitrogens with one attached hydrogen (secondary N) is 1. The van der Waals surface area contributed by atoms with Gasteiger partial charge in [0.1, 0.15) is 0 Å². The van der Waals surface area contributed by atoms with Crippen LogP contribution in [0.5, 0.6) is 0 Å². The standard InChI is InChI=1S/C13H12N4O3/c1-2-10-15-16-11(20-10)7-19-13(18)12-8-5-3-4-6-9(8)14-17-12/h3-6H,2,7H2,1H3,(H,14,17). The average Bonchev–Trinajstić information content (AvgIpc) is 3.11. The summed E-state index contributed by atoms with van der Waals surface area (Å²) in [6.07, 6.45) is 0.644. The summed E-state index contributed by atoms with van der Waals surface area (Å²) >= 11 is 0. The Bertz CT molecular complexity index is 747. The molecule has 102 valence electrons. The van der Waals surface area contributed by atoms with Gasteiger partial charge in [-0.3, -0.25) is 5.10 Å². The second-order valence-corrected chi connectivity index (χ2v) is 4.14. The number of fused-ring (bicyclic) bond motifs is 1. The normalized spacial score (nSPS) is 10.8. The lowest BCUT2D eigenvalue weighted by Crippen LogP contribution is -2.06. The number of nitrogens with zero attached hydrogens (tertiary/aromatic N) is 3. The third-order valence-corrected chi connectivity index (χ3v) is 2.80. The van der Waals surface area contributed by atoms with Crippen molar-refractivity contribution in [2.24, 2.45) is 0 Å². The molecule has 0 aliphatic rings. The number of carbonyl (C=O) groups excluding carboxylic acids is 1. The van der Waals surface area contributed by atoms with Gasteiger partial charge in [-0.05, 0) is 6.07 Å². The summed E-state index contributed by atoms with van der Waals surface area (Å²) in [6, 6.07) is 7.34. The molecule has 0 unspecified atom stereocenters. The van der Waals surface area contributed by atoms with Crippen LogP contribution >= 0.6 is 0 Å². The third kappa shape index (κ3) is 2.25. The Balaban J connectivity index is 1.73. The number of carbonyl (C=O) groups is 1. The topological polar surface area (TPSA) is 93.9 Å². The number of H-pyrrole nitrogens is 1. The first-order chi connectivity index (χ1) is 9.78. The number of esters is 1. The first-order valence-corrected chi connectivity index (χ1v) is 6.19. The van der Waals surface area contributed by atoms with E-state index in [4.69, 9.17) is 9.15 Å². The van der Waals surface area contributed by atoms with Crippen LogP contribution in [0.25, 0.3) is 10.9 Å². The highest BCUT2D eigenvalue weighted by molar-refractivity contribution is 6.01. The van der Waals surface area contributed by atoms with Gasteiger partial charge in [0.2, 0.25) is 5.89 Å². The van der Waals surface area contributed by atoms with Crippen LogP contribution in [0.1, 0.15) is 29.2 Å². The van der Waals surface area contributed by atoms with Crippen LogP contribution in [0.15, 0.2) is 28.7 Å². The van der Waals surface area contributed by atoms with Crippen molar-refractivity contribution < 1.29 is 13.9 Å². The molecule has 0 aliphatic carbocycles. The van der Waals surface area contributed by atoms with Gasteiger partial charge in [-0.15, -0.1) is 10.2 Å². The molecule has 1 aromatic carbocycles. The second kappa shape index (κ2) is 5.12. The van der Waals surface area contributed by atoms with Gasteiger partial charge in [0.25, 0.3) is 5.89 Å². The number of benzene rings is 1. The monoisotopic (exact) mass is 272 g/mol. The maximum atomic E-state index is 12.0. The number of ether oxygens (including phenoxy) is 1. The zero-order valence-corrected chi connectivity index (χ0v) is 10.8. The molecular formula is C13H12N4O3. The minimum Gasteiger partial charge on any atom is -0.451 e. The number of aromatic nitrogens is 4. The summed E-state index contributed by atoms with van der Waals surface area (Å²) in [5, 5.41) is 15.0. The summed E-state index contributed by atoms with van der Waals surface area (Å²) < 4.78 is 10.4. The lowest BCUT2D eigenvalue weighted by molar-refractivity contribution is 0.0432. The number of rotatable bonds is 4. The van der Waals surface area contributed by atoms with E-state index < -0.39 is 5.97 Å². The largest absolute Gasteiger partial charge is 0.451 e. The molecule has 0 saturated carbocycles. The predicted molar refractivity (Wildman–Crippen MR) is 68.9 cm³/mol. The van der Waals surface area contributed by atoms with E-state index in [0.29, 0.717) is 12.3 Å². The molecule has 1 N–H and O–H groups in total. The van der Waals surface area contributed by atoms with Crippen molar-refractivity contribution >= 4 is 16.9 Å². The Labute approximate surface area is 114 Å². The minimum absolute atomic E-state index is 0.0625. The van der Waals surface area contributed by atoms with Crippen LogP contribution in [0.3, 0.4) is 0 Å². The number of aromatic amines is 1. The molecular weight excluding hydrogens is 260 g/mol. The molecule has 0 fully saturated rings. The van der Waals surface area contributed by atoms with Gasteiger partial charge in [-0.1, -0.05) is 25.1 Å². The SMILES string of the molecule is CCc1nnc(COC(=O)c2n[nH]c3ccccc23)o1.